The zero-order valence-electron chi connectivity index (χ0n) is 6.38. The van der Waals surface area contributed by atoms with Gasteiger partial charge in [-0.25, -0.2) is 0 Å². The van der Waals surface area contributed by atoms with Crippen LogP contribution in [0.25, 0.3) is 6.08 Å². The summed E-state index contributed by atoms with van der Waals surface area (Å²) in [5.74, 6) is 0. The molecule has 0 aliphatic rings. The molecular formula is C9H9I3. The Kier molecular flexibility index (Phi) is 9.57. The van der Waals surface area contributed by atoms with Gasteiger partial charge in [0.25, 0.3) is 0 Å². The molecule has 0 aliphatic heterocycles. The van der Waals surface area contributed by atoms with Gasteiger partial charge in [0.05, 0.1) is 0 Å². The second kappa shape index (κ2) is 8.74. The fourth-order valence-electron chi connectivity index (χ4n) is 0.589. The van der Waals surface area contributed by atoms with Gasteiger partial charge < -0.3 is 0 Å². The van der Waals surface area contributed by atoms with E-state index in [-0.39, 0.29) is 0 Å². The highest BCUT2D eigenvalue weighted by Gasteiger charge is 1.76. The van der Waals surface area contributed by atoms with Crippen molar-refractivity contribution < 1.29 is 0 Å². The minimum absolute atomic E-state index is 0.743. The minimum Gasteiger partial charge on any atom is -0.0985 e. The predicted molar refractivity (Wildman–Crippen MR) is 82.4 cm³/mol. The number of hydrogen-bond acceptors (Lipinski definition) is 0. The Balaban J connectivity index is 0.000000261. The number of benzene rings is 1. The molecule has 0 heterocycles. The van der Waals surface area contributed by atoms with E-state index in [4.69, 9.17) is 0 Å². The van der Waals surface area contributed by atoms with E-state index in [0.717, 1.165) is -0.0619 Å². The molecule has 1 rings (SSSR count). The SMILES string of the molecule is C=Cc1ccccc1.IC(I)I. The van der Waals surface area contributed by atoms with Crippen molar-refractivity contribution in [3.05, 3.63) is 42.5 Å². The Hall–Kier alpha value is 1.15. The molecule has 0 saturated heterocycles. The quantitative estimate of drug-likeness (QED) is 0.382. The van der Waals surface area contributed by atoms with Gasteiger partial charge in [-0.2, -0.15) is 0 Å². The van der Waals surface area contributed by atoms with E-state index in [1.807, 2.05) is 36.4 Å². The van der Waals surface area contributed by atoms with Gasteiger partial charge in [0.15, 0.2) is 0 Å². The van der Waals surface area contributed by atoms with Crippen molar-refractivity contribution in [1.82, 2.24) is 0 Å². The molecule has 0 unspecified atom stereocenters. The highest BCUT2D eigenvalue weighted by molar-refractivity contribution is 14.3. The maximum absolute atomic E-state index is 3.63. The molecule has 0 N–H and O–H groups in total. The molecular weight excluding hydrogens is 489 g/mol. The molecule has 1 aromatic carbocycles. The molecule has 0 amide bonds. The molecule has 0 radical (unpaired) electrons. The van der Waals surface area contributed by atoms with E-state index >= 15 is 0 Å². The van der Waals surface area contributed by atoms with Crippen LogP contribution in [0.5, 0.6) is 0 Å². The second-order valence-corrected chi connectivity index (χ2v) is 12.7. The van der Waals surface area contributed by atoms with Crippen LogP contribution in [0.1, 0.15) is 5.56 Å². The van der Waals surface area contributed by atoms with E-state index in [1.54, 1.807) is 0 Å². The first-order chi connectivity index (χ1) is 5.66. The van der Waals surface area contributed by atoms with Gasteiger partial charge in [-0.1, -0.05) is 111 Å². The number of hydrogen-bond donors (Lipinski definition) is 0. The standard InChI is InChI=1S/C8H8.CHI3/c1-2-8-6-4-3-5-7-8;2-1(3)4/h2-7H,1H2;1H. The van der Waals surface area contributed by atoms with Crippen molar-refractivity contribution in [2.45, 2.75) is -0.0619 Å². The molecule has 12 heavy (non-hydrogen) atoms. The van der Waals surface area contributed by atoms with Gasteiger partial charge in [0, 0.05) is 0 Å². The maximum Gasteiger partial charge on any atom is 0.114 e. The Bertz CT molecular complexity index is 204. The van der Waals surface area contributed by atoms with Crippen LogP contribution in [0.2, 0.25) is 0 Å². The summed E-state index contributed by atoms with van der Waals surface area (Å²) in [5.41, 5.74) is 1.17. The topological polar surface area (TPSA) is 0 Å². The van der Waals surface area contributed by atoms with Crippen LogP contribution in [0, 0.1) is 0 Å². The van der Waals surface area contributed by atoms with E-state index in [1.165, 1.54) is 5.56 Å². The van der Waals surface area contributed by atoms with Crippen LogP contribution in [0.15, 0.2) is 36.9 Å². The van der Waals surface area contributed by atoms with E-state index in [0.29, 0.717) is 0 Å². The van der Waals surface area contributed by atoms with Crippen LogP contribution in [-0.2, 0) is 0 Å². The van der Waals surface area contributed by atoms with Crippen LogP contribution in [0.3, 0.4) is 0 Å². The Labute approximate surface area is 115 Å². The third-order valence-electron chi connectivity index (χ3n) is 1.04. The lowest BCUT2D eigenvalue weighted by atomic mass is 10.2. The summed E-state index contributed by atoms with van der Waals surface area (Å²) in [7, 11) is 0. The largest absolute Gasteiger partial charge is 0.114 e. The molecule has 0 saturated carbocycles. The Morgan fingerprint density at radius 3 is 1.75 bits per heavy atom. The molecule has 0 nitrogen and oxygen atoms in total. The average molecular weight is 498 g/mol. The normalized spacial score (nSPS) is 8.67. The summed E-state index contributed by atoms with van der Waals surface area (Å²) in [6.07, 6.45) is 1.83. The summed E-state index contributed by atoms with van der Waals surface area (Å²) in [4.78, 5) is 0. The fourth-order valence-corrected chi connectivity index (χ4v) is 0.589. The molecule has 1 aromatic rings. The van der Waals surface area contributed by atoms with Gasteiger partial charge in [0.2, 0.25) is 0 Å². The third kappa shape index (κ3) is 9.24. The van der Waals surface area contributed by atoms with Gasteiger partial charge in [-0.3, -0.25) is 0 Å². The second-order valence-electron chi connectivity index (χ2n) is 1.86. The highest BCUT2D eigenvalue weighted by Crippen LogP contribution is 2.16. The van der Waals surface area contributed by atoms with E-state index < -0.39 is 0 Å². The number of rotatable bonds is 1. The van der Waals surface area contributed by atoms with Crippen molar-refractivity contribution in [2.24, 2.45) is 0 Å². The summed E-state index contributed by atoms with van der Waals surface area (Å²) < 4.78 is 0.743. The van der Waals surface area contributed by atoms with Gasteiger partial charge >= 0.3 is 0 Å². The smallest absolute Gasteiger partial charge is 0.0985 e. The number of alkyl halides is 3. The zero-order chi connectivity index (χ0) is 9.40. The lowest BCUT2D eigenvalue weighted by molar-refractivity contribution is 1.67. The van der Waals surface area contributed by atoms with Crippen LogP contribution in [0.4, 0.5) is 0 Å². The molecule has 66 valence electrons. The van der Waals surface area contributed by atoms with Gasteiger partial charge in [-0.15, -0.1) is 0 Å². The molecule has 0 aliphatic carbocycles. The van der Waals surface area contributed by atoms with Crippen LogP contribution in [-0.4, -0.2) is -0.0619 Å². The van der Waals surface area contributed by atoms with Gasteiger partial charge in [-0.05, 0) is 5.56 Å². The summed E-state index contributed by atoms with van der Waals surface area (Å²) >= 11 is 6.95. The molecule has 3 heteroatoms. The van der Waals surface area contributed by atoms with Crippen molar-refractivity contribution in [3.8, 4) is 0 Å². The van der Waals surface area contributed by atoms with E-state index in [9.17, 15) is 0 Å². The third-order valence-corrected chi connectivity index (χ3v) is 1.04. The number of halogens is 3. The summed E-state index contributed by atoms with van der Waals surface area (Å²) in [6, 6.07) is 10.0. The minimum atomic E-state index is 0.743. The molecule has 0 fully saturated rings. The Morgan fingerprint density at radius 1 is 1.08 bits per heavy atom. The average Bonchev–Trinajstić information content (AvgIpc) is 2.05. The summed E-state index contributed by atoms with van der Waals surface area (Å²) in [6.45, 7) is 3.63. The van der Waals surface area contributed by atoms with Crippen molar-refractivity contribution in [1.29, 1.82) is 0 Å². The first-order valence-corrected chi connectivity index (χ1v) is 7.00. The molecule has 0 aromatic heterocycles. The lowest BCUT2D eigenvalue weighted by Gasteiger charge is -1.85. The first kappa shape index (κ1) is 13.2. The zero-order valence-corrected chi connectivity index (χ0v) is 12.9. The van der Waals surface area contributed by atoms with Crippen molar-refractivity contribution in [3.63, 3.8) is 0 Å². The Morgan fingerprint density at radius 2 is 1.50 bits per heavy atom. The first-order valence-electron chi connectivity index (χ1n) is 3.26. The predicted octanol–water partition coefficient (Wildman–Crippen LogP) is 4.90. The molecule has 0 bridgehead atoms. The summed E-state index contributed by atoms with van der Waals surface area (Å²) in [5, 5.41) is 0. The van der Waals surface area contributed by atoms with Crippen LogP contribution >= 0.6 is 67.8 Å². The lowest BCUT2D eigenvalue weighted by Crippen LogP contribution is -1.63. The maximum atomic E-state index is 3.63. The van der Waals surface area contributed by atoms with Crippen LogP contribution < -0.4 is 0 Å². The fraction of sp³-hybridized carbons (Fsp3) is 0.111. The molecule has 0 spiro atoms. The van der Waals surface area contributed by atoms with Gasteiger partial charge in [0.1, 0.15) is -0.0619 Å². The molecule has 0 atom stereocenters. The van der Waals surface area contributed by atoms with Crippen molar-refractivity contribution in [2.75, 3.05) is 0 Å². The van der Waals surface area contributed by atoms with Crippen molar-refractivity contribution >= 4 is 73.8 Å². The monoisotopic (exact) mass is 498 g/mol. The highest BCUT2D eigenvalue weighted by atomic mass is 127. The van der Waals surface area contributed by atoms with E-state index in [2.05, 4.69) is 74.4 Å².